The molecule has 0 aliphatic heterocycles. The van der Waals surface area contributed by atoms with E-state index in [-0.39, 0.29) is 0 Å². The number of aromatic nitrogens is 2. The molecule has 0 aliphatic rings. The Morgan fingerprint density at radius 1 is 1.10 bits per heavy atom. The van der Waals surface area contributed by atoms with Gasteiger partial charge in [-0.2, -0.15) is 4.98 Å². The molecule has 1 heterocycles. The molecule has 0 saturated carbocycles. The number of rotatable bonds is 4. The third kappa shape index (κ3) is 3.26. The summed E-state index contributed by atoms with van der Waals surface area (Å²) in [7, 11) is 1.83. The van der Waals surface area contributed by atoms with E-state index in [1.54, 1.807) is 6.07 Å². The highest BCUT2D eigenvalue weighted by molar-refractivity contribution is 5.43. The monoisotopic (exact) mass is 271 g/mol. The number of nitrogens with zero attached hydrogens (tertiary/aromatic N) is 2. The Bertz CT molecular complexity index is 609. The Labute approximate surface area is 120 Å². The van der Waals surface area contributed by atoms with E-state index in [1.165, 1.54) is 11.1 Å². The standard InChI is InChI=1S/C16H21N3O/c1-10(2)13-7-6-11(3)8-14(13)20-16-9-15(17-5)18-12(4)19-16/h6-10H,1-5H3,(H,17,18,19). The maximum Gasteiger partial charge on any atom is 0.224 e. The summed E-state index contributed by atoms with van der Waals surface area (Å²) in [6.45, 7) is 8.22. The fraction of sp³-hybridized carbons (Fsp3) is 0.375. The lowest BCUT2D eigenvalue weighted by atomic mass is 10.0. The Morgan fingerprint density at radius 2 is 1.85 bits per heavy atom. The number of nitrogens with one attached hydrogen (secondary N) is 1. The fourth-order valence-corrected chi connectivity index (χ4v) is 2.04. The summed E-state index contributed by atoms with van der Waals surface area (Å²) in [4.78, 5) is 8.60. The van der Waals surface area contributed by atoms with Crippen LogP contribution in [0.2, 0.25) is 0 Å². The second kappa shape index (κ2) is 5.90. The van der Waals surface area contributed by atoms with Crippen molar-refractivity contribution in [2.75, 3.05) is 12.4 Å². The highest BCUT2D eigenvalue weighted by Gasteiger charge is 2.11. The molecule has 4 heteroatoms. The minimum Gasteiger partial charge on any atom is -0.439 e. The van der Waals surface area contributed by atoms with Gasteiger partial charge in [-0.15, -0.1) is 0 Å². The summed E-state index contributed by atoms with van der Waals surface area (Å²) < 4.78 is 5.98. The third-order valence-electron chi connectivity index (χ3n) is 3.08. The van der Waals surface area contributed by atoms with E-state index in [0.29, 0.717) is 17.6 Å². The van der Waals surface area contributed by atoms with E-state index in [2.05, 4.69) is 48.2 Å². The summed E-state index contributed by atoms with van der Waals surface area (Å²) in [5.74, 6) is 3.27. The summed E-state index contributed by atoms with van der Waals surface area (Å²) in [5.41, 5.74) is 2.35. The molecule has 1 N–H and O–H groups in total. The molecule has 0 amide bonds. The van der Waals surface area contributed by atoms with Crippen molar-refractivity contribution >= 4 is 5.82 Å². The lowest BCUT2D eigenvalue weighted by Gasteiger charge is -2.14. The minimum absolute atomic E-state index is 0.400. The van der Waals surface area contributed by atoms with Gasteiger partial charge in [-0.25, -0.2) is 4.98 Å². The van der Waals surface area contributed by atoms with Crippen LogP contribution in [0.15, 0.2) is 24.3 Å². The van der Waals surface area contributed by atoms with Crippen molar-refractivity contribution in [1.82, 2.24) is 9.97 Å². The Kier molecular flexibility index (Phi) is 4.23. The van der Waals surface area contributed by atoms with Crippen LogP contribution in [0.1, 0.15) is 36.7 Å². The second-order valence-corrected chi connectivity index (χ2v) is 5.19. The van der Waals surface area contributed by atoms with Crippen molar-refractivity contribution in [2.45, 2.75) is 33.6 Å². The molecule has 2 aromatic rings. The molecule has 1 aromatic carbocycles. The Balaban J connectivity index is 2.38. The van der Waals surface area contributed by atoms with Gasteiger partial charge in [0.2, 0.25) is 5.88 Å². The quantitative estimate of drug-likeness (QED) is 0.911. The van der Waals surface area contributed by atoms with Gasteiger partial charge in [0.1, 0.15) is 17.4 Å². The van der Waals surface area contributed by atoms with Crippen LogP contribution in [0.3, 0.4) is 0 Å². The van der Waals surface area contributed by atoms with Gasteiger partial charge < -0.3 is 10.1 Å². The van der Waals surface area contributed by atoms with Crippen LogP contribution in [-0.4, -0.2) is 17.0 Å². The van der Waals surface area contributed by atoms with E-state index in [0.717, 1.165) is 11.6 Å². The molecule has 2 rings (SSSR count). The highest BCUT2D eigenvalue weighted by atomic mass is 16.5. The summed E-state index contributed by atoms with van der Waals surface area (Å²) in [5, 5.41) is 3.01. The molecule has 20 heavy (non-hydrogen) atoms. The zero-order valence-corrected chi connectivity index (χ0v) is 12.7. The van der Waals surface area contributed by atoms with Gasteiger partial charge in [0.25, 0.3) is 0 Å². The molecule has 0 spiro atoms. The van der Waals surface area contributed by atoms with Crippen molar-refractivity contribution in [3.05, 3.63) is 41.2 Å². The SMILES string of the molecule is CNc1cc(Oc2cc(C)ccc2C(C)C)nc(C)n1. The van der Waals surface area contributed by atoms with Crippen LogP contribution in [0.25, 0.3) is 0 Å². The number of anilines is 1. The van der Waals surface area contributed by atoms with Crippen LogP contribution in [0.5, 0.6) is 11.6 Å². The number of benzene rings is 1. The first-order valence-electron chi connectivity index (χ1n) is 6.81. The molecule has 106 valence electrons. The summed E-state index contributed by atoms with van der Waals surface area (Å²) >= 11 is 0. The van der Waals surface area contributed by atoms with Gasteiger partial charge in [0.15, 0.2) is 0 Å². The van der Waals surface area contributed by atoms with Crippen LogP contribution in [0.4, 0.5) is 5.82 Å². The number of hydrogen-bond donors (Lipinski definition) is 1. The predicted octanol–water partition coefficient (Wildman–Crippen LogP) is 4.05. The van der Waals surface area contributed by atoms with Crippen molar-refractivity contribution in [3.8, 4) is 11.6 Å². The zero-order valence-electron chi connectivity index (χ0n) is 12.7. The van der Waals surface area contributed by atoms with Gasteiger partial charge in [-0.1, -0.05) is 26.0 Å². The fourth-order valence-electron chi connectivity index (χ4n) is 2.04. The molecule has 0 bridgehead atoms. The molecule has 0 aliphatic carbocycles. The van der Waals surface area contributed by atoms with Crippen molar-refractivity contribution in [3.63, 3.8) is 0 Å². The first-order valence-corrected chi connectivity index (χ1v) is 6.81. The third-order valence-corrected chi connectivity index (χ3v) is 3.08. The van der Waals surface area contributed by atoms with E-state index < -0.39 is 0 Å². The van der Waals surface area contributed by atoms with E-state index in [4.69, 9.17) is 4.74 Å². The van der Waals surface area contributed by atoms with Crippen molar-refractivity contribution in [1.29, 1.82) is 0 Å². The highest BCUT2D eigenvalue weighted by Crippen LogP contribution is 2.31. The maximum atomic E-state index is 5.98. The minimum atomic E-state index is 0.400. The van der Waals surface area contributed by atoms with E-state index in [1.807, 2.05) is 20.0 Å². The first kappa shape index (κ1) is 14.3. The topological polar surface area (TPSA) is 47.0 Å². The Hall–Kier alpha value is -2.10. The molecule has 0 saturated heterocycles. The first-order chi connectivity index (χ1) is 9.49. The van der Waals surface area contributed by atoms with Gasteiger partial charge in [-0.05, 0) is 37.0 Å². The smallest absolute Gasteiger partial charge is 0.224 e. The van der Waals surface area contributed by atoms with Crippen LogP contribution in [0, 0.1) is 13.8 Å². The average molecular weight is 271 g/mol. The van der Waals surface area contributed by atoms with Crippen LogP contribution < -0.4 is 10.1 Å². The maximum absolute atomic E-state index is 5.98. The summed E-state index contributed by atoms with van der Waals surface area (Å²) in [6.07, 6.45) is 0. The Morgan fingerprint density at radius 3 is 2.50 bits per heavy atom. The molecule has 0 unspecified atom stereocenters. The van der Waals surface area contributed by atoms with Crippen LogP contribution >= 0.6 is 0 Å². The predicted molar refractivity (Wildman–Crippen MR) is 81.7 cm³/mol. The van der Waals surface area contributed by atoms with Crippen molar-refractivity contribution < 1.29 is 4.74 Å². The van der Waals surface area contributed by atoms with Crippen LogP contribution in [-0.2, 0) is 0 Å². The van der Waals surface area contributed by atoms with E-state index >= 15 is 0 Å². The largest absolute Gasteiger partial charge is 0.439 e. The van der Waals surface area contributed by atoms with Gasteiger partial charge in [0.05, 0.1) is 0 Å². The average Bonchev–Trinajstić information content (AvgIpc) is 2.37. The zero-order chi connectivity index (χ0) is 14.7. The number of ether oxygens (including phenoxy) is 1. The lowest BCUT2D eigenvalue weighted by molar-refractivity contribution is 0.451. The molecule has 1 aromatic heterocycles. The van der Waals surface area contributed by atoms with Gasteiger partial charge >= 0.3 is 0 Å². The van der Waals surface area contributed by atoms with Gasteiger partial charge in [-0.3, -0.25) is 0 Å². The summed E-state index contributed by atoms with van der Waals surface area (Å²) in [6, 6.07) is 8.07. The molecular weight excluding hydrogens is 250 g/mol. The molecule has 0 radical (unpaired) electrons. The lowest BCUT2D eigenvalue weighted by Crippen LogP contribution is -2.00. The molecule has 0 atom stereocenters. The normalized spacial score (nSPS) is 10.7. The van der Waals surface area contributed by atoms with Crippen molar-refractivity contribution in [2.24, 2.45) is 0 Å². The number of aryl methyl sites for hydroxylation is 2. The molecular formula is C16H21N3O. The van der Waals surface area contributed by atoms with E-state index in [9.17, 15) is 0 Å². The number of hydrogen-bond acceptors (Lipinski definition) is 4. The van der Waals surface area contributed by atoms with Gasteiger partial charge in [0, 0.05) is 13.1 Å². The molecule has 4 nitrogen and oxygen atoms in total. The molecule has 0 fully saturated rings. The second-order valence-electron chi connectivity index (χ2n) is 5.19.